The van der Waals surface area contributed by atoms with Crippen molar-refractivity contribution in [1.29, 1.82) is 0 Å². The number of thioether (sulfide) groups is 1. The van der Waals surface area contributed by atoms with Crippen LogP contribution >= 0.6 is 11.8 Å². The van der Waals surface area contributed by atoms with Crippen LogP contribution in [-0.2, 0) is 6.42 Å². The third-order valence-corrected chi connectivity index (χ3v) is 6.16. The number of fused-ring (bicyclic) bond motifs is 1. The quantitative estimate of drug-likeness (QED) is 0.867. The van der Waals surface area contributed by atoms with Gasteiger partial charge in [-0.25, -0.2) is 0 Å². The second-order valence-electron chi connectivity index (χ2n) is 6.15. The van der Waals surface area contributed by atoms with Crippen LogP contribution in [0.25, 0.3) is 0 Å². The molecule has 2 aliphatic rings. The van der Waals surface area contributed by atoms with E-state index in [1.165, 1.54) is 50.0 Å². The summed E-state index contributed by atoms with van der Waals surface area (Å²) in [5.74, 6) is 1.87. The third kappa shape index (κ3) is 3.17. The standard InChI is InChI=1S/C17H25NS/c1-18-12-15(13-6-2-3-7-13)11-16-10-14-8-4-5-9-17(14)19-16/h4-5,8-9,13,15-16,18H,2-3,6-7,10-12H2,1H3. The van der Waals surface area contributed by atoms with E-state index in [0.717, 1.165) is 17.1 Å². The third-order valence-electron chi connectivity index (χ3n) is 4.81. The Bertz CT molecular complexity index is 386. The predicted octanol–water partition coefficient (Wildman–Crippen LogP) is 4.12. The predicted molar refractivity (Wildman–Crippen MR) is 83.8 cm³/mol. The highest BCUT2D eigenvalue weighted by Crippen LogP contribution is 2.42. The first-order chi connectivity index (χ1) is 9.36. The fourth-order valence-corrected chi connectivity index (χ4v) is 5.28. The Morgan fingerprint density at radius 2 is 2.05 bits per heavy atom. The summed E-state index contributed by atoms with van der Waals surface area (Å²) in [4.78, 5) is 1.53. The van der Waals surface area contributed by atoms with Crippen LogP contribution in [0.5, 0.6) is 0 Å². The molecule has 1 aliphatic carbocycles. The summed E-state index contributed by atoms with van der Waals surface area (Å²) in [6.07, 6.45) is 8.54. The molecule has 0 aromatic heterocycles. The Labute approximate surface area is 121 Å². The van der Waals surface area contributed by atoms with Gasteiger partial charge < -0.3 is 5.32 Å². The molecule has 3 rings (SSSR count). The fourth-order valence-electron chi connectivity index (χ4n) is 3.86. The summed E-state index contributed by atoms with van der Waals surface area (Å²) in [7, 11) is 2.11. The molecule has 2 heteroatoms. The maximum atomic E-state index is 3.43. The molecule has 1 aromatic carbocycles. The van der Waals surface area contributed by atoms with E-state index < -0.39 is 0 Å². The van der Waals surface area contributed by atoms with E-state index in [2.05, 4.69) is 48.4 Å². The number of hydrogen-bond donors (Lipinski definition) is 1. The number of benzene rings is 1. The molecule has 0 amide bonds. The Kier molecular flexibility index (Phi) is 4.49. The molecule has 1 saturated carbocycles. The highest BCUT2D eigenvalue weighted by molar-refractivity contribution is 8.00. The van der Waals surface area contributed by atoms with Crippen LogP contribution in [0, 0.1) is 11.8 Å². The number of nitrogens with one attached hydrogen (secondary N) is 1. The molecular weight excluding hydrogens is 250 g/mol. The Balaban J connectivity index is 1.61. The molecule has 2 unspecified atom stereocenters. The molecular formula is C17H25NS. The molecule has 2 atom stereocenters. The van der Waals surface area contributed by atoms with Gasteiger partial charge in [-0.1, -0.05) is 43.9 Å². The first-order valence-corrected chi connectivity index (χ1v) is 8.64. The van der Waals surface area contributed by atoms with E-state index in [-0.39, 0.29) is 0 Å². The highest BCUT2D eigenvalue weighted by atomic mass is 32.2. The summed E-state index contributed by atoms with van der Waals surface area (Å²) in [6, 6.07) is 8.97. The zero-order valence-electron chi connectivity index (χ0n) is 11.9. The van der Waals surface area contributed by atoms with Crippen molar-refractivity contribution >= 4 is 11.8 Å². The molecule has 0 radical (unpaired) electrons. The van der Waals surface area contributed by atoms with Crippen molar-refractivity contribution < 1.29 is 0 Å². The van der Waals surface area contributed by atoms with Crippen molar-refractivity contribution in [1.82, 2.24) is 5.32 Å². The summed E-state index contributed by atoms with van der Waals surface area (Å²) in [5.41, 5.74) is 1.58. The smallest absolute Gasteiger partial charge is 0.0138 e. The van der Waals surface area contributed by atoms with Gasteiger partial charge in [0, 0.05) is 10.1 Å². The second kappa shape index (κ2) is 6.32. The molecule has 0 bridgehead atoms. The number of hydrogen-bond acceptors (Lipinski definition) is 2. The first kappa shape index (κ1) is 13.5. The van der Waals surface area contributed by atoms with E-state index in [1.807, 2.05) is 0 Å². The van der Waals surface area contributed by atoms with Crippen molar-refractivity contribution in [2.75, 3.05) is 13.6 Å². The lowest BCUT2D eigenvalue weighted by Crippen LogP contribution is -2.27. The minimum absolute atomic E-state index is 0.816. The van der Waals surface area contributed by atoms with Gasteiger partial charge in [0.1, 0.15) is 0 Å². The summed E-state index contributed by atoms with van der Waals surface area (Å²) < 4.78 is 0. The molecule has 1 N–H and O–H groups in total. The maximum absolute atomic E-state index is 3.43. The summed E-state index contributed by atoms with van der Waals surface area (Å²) in [6.45, 7) is 1.21. The fraction of sp³-hybridized carbons (Fsp3) is 0.647. The van der Waals surface area contributed by atoms with Crippen LogP contribution < -0.4 is 5.32 Å². The van der Waals surface area contributed by atoms with Gasteiger partial charge in [-0.2, -0.15) is 0 Å². The van der Waals surface area contributed by atoms with E-state index >= 15 is 0 Å². The summed E-state index contributed by atoms with van der Waals surface area (Å²) in [5, 5.41) is 4.25. The molecule has 0 saturated heterocycles. The van der Waals surface area contributed by atoms with Crippen molar-refractivity contribution in [3.63, 3.8) is 0 Å². The molecule has 1 heterocycles. The lowest BCUT2D eigenvalue weighted by molar-refractivity contribution is 0.309. The maximum Gasteiger partial charge on any atom is 0.0138 e. The van der Waals surface area contributed by atoms with Crippen LogP contribution in [0.4, 0.5) is 0 Å². The molecule has 0 spiro atoms. The Morgan fingerprint density at radius 1 is 1.26 bits per heavy atom. The van der Waals surface area contributed by atoms with E-state index in [4.69, 9.17) is 0 Å². The molecule has 19 heavy (non-hydrogen) atoms. The van der Waals surface area contributed by atoms with Crippen LogP contribution in [0.1, 0.15) is 37.7 Å². The monoisotopic (exact) mass is 275 g/mol. The van der Waals surface area contributed by atoms with Crippen LogP contribution in [0.2, 0.25) is 0 Å². The van der Waals surface area contributed by atoms with Gasteiger partial charge in [-0.05, 0) is 49.9 Å². The normalized spacial score (nSPS) is 24.6. The van der Waals surface area contributed by atoms with Gasteiger partial charge in [0.2, 0.25) is 0 Å². The highest BCUT2D eigenvalue weighted by Gasteiger charge is 2.30. The van der Waals surface area contributed by atoms with Gasteiger partial charge in [0.25, 0.3) is 0 Å². The van der Waals surface area contributed by atoms with Gasteiger partial charge in [-0.3, -0.25) is 0 Å². The van der Waals surface area contributed by atoms with Gasteiger partial charge in [-0.15, -0.1) is 11.8 Å². The minimum Gasteiger partial charge on any atom is -0.319 e. The van der Waals surface area contributed by atoms with Crippen LogP contribution in [0.3, 0.4) is 0 Å². The van der Waals surface area contributed by atoms with Gasteiger partial charge in [0.05, 0.1) is 0 Å². The lowest BCUT2D eigenvalue weighted by Gasteiger charge is -2.25. The van der Waals surface area contributed by atoms with Crippen LogP contribution in [-0.4, -0.2) is 18.8 Å². The summed E-state index contributed by atoms with van der Waals surface area (Å²) >= 11 is 2.12. The van der Waals surface area contributed by atoms with Crippen molar-refractivity contribution in [3.05, 3.63) is 29.8 Å². The zero-order chi connectivity index (χ0) is 13.1. The largest absolute Gasteiger partial charge is 0.319 e. The molecule has 104 valence electrons. The second-order valence-corrected chi connectivity index (χ2v) is 7.49. The van der Waals surface area contributed by atoms with Gasteiger partial charge >= 0.3 is 0 Å². The van der Waals surface area contributed by atoms with E-state index in [0.29, 0.717) is 0 Å². The van der Waals surface area contributed by atoms with Crippen molar-refractivity contribution in [2.24, 2.45) is 11.8 Å². The van der Waals surface area contributed by atoms with Gasteiger partial charge in [0.15, 0.2) is 0 Å². The first-order valence-electron chi connectivity index (χ1n) is 7.76. The molecule has 1 nitrogen and oxygen atoms in total. The zero-order valence-corrected chi connectivity index (χ0v) is 12.7. The average molecular weight is 275 g/mol. The SMILES string of the molecule is CNCC(CC1Cc2ccccc2S1)C1CCCC1. The lowest BCUT2D eigenvalue weighted by atomic mass is 9.86. The molecule has 1 fully saturated rings. The minimum atomic E-state index is 0.816. The topological polar surface area (TPSA) is 12.0 Å². The van der Waals surface area contributed by atoms with Crippen molar-refractivity contribution in [3.8, 4) is 0 Å². The molecule has 1 aromatic rings. The van der Waals surface area contributed by atoms with Crippen LogP contribution in [0.15, 0.2) is 29.2 Å². The number of rotatable bonds is 5. The van der Waals surface area contributed by atoms with E-state index in [1.54, 1.807) is 5.56 Å². The Hall–Kier alpha value is -0.470. The molecule has 1 aliphatic heterocycles. The average Bonchev–Trinajstić information content (AvgIpc) is 3.07. The van der Waals surface area contributed by atoms with Crippen molar-refractivity contribution in [2.45, 2.75) is 48.7 Å². The van der Waals surface area contributed by atoms with E-state index in [9.17, 15) is 0 Å². The Morgan fingerprint density at radius 3 is 2.79 bits per heavy atom.